The Bertz CT molecular complexity index is 484. The van der Waals surface area contributed by atoms with Gasteiger partial charge in [0.1, 0.15) is 0 Å². The summed E-state index contributed by atoms with van der Waals surface area (Å²) in [4.78, 5) is 14.8. The van der Waals surface area contributed by atoms with Crippen molar-refractivity contribution < 1.29 is 4.79 Å². The number of benzene rings is 1. The molecule has 108 valence electrons. The molecule has 1 saturated heterocycles. The Balaban J connectivity index is 1.84. The van der Waals surface area contributed by atoms with Gasteiger partial charge in [-0.15, -0.1) is 0 Å². The SMILES string of the molecule is CCNC1CCCN(C2CCCc3ccccc32)C1=O. The first kappa shape index (κ1) is 13.6. The topological polar surface area (TPSA) is 32.3 Å². The van der Waals surface area contributed by atoms with Crippen LogP contribution in [0.5, 0.6) is 0 Å². The minimum Gasteiger partial charge on any atom is -0.334 e. The van der Waals surface area contributed by atoms with Crippen LogP contribution in [0.3, 0.4) is 0 Å². The van der Waals surface area contributed by atoms with Gasteiger partial charge in [-0.3, -0.25) is 4.79 Å². The Labute approximate surface area is 121 Å². The van der Waals surface area contributed by atoms with Crippen LogP contribution in [0.15, 0.2) is 24.3 Å². The molecule has 3 nitrogen and oxygen atoms in total. The number of carbonyl (C=O) groups is 1. The van der Waals surface area contributed by atoms with E-state index >= 15 is 0 Å². The van der Waals surface area contributed by atoms with Gasteiger partial charge in [0.2, 0.25) is 5.91 Å². The summed E-state index contributed by atoms with van der Waals surface area (Å²) in [6.07, 6.45) is 5.56. The van der Waals surface area contributed by atoms with E-state index in [0.717, 1.165) is 38.8 Å². The molecule has 1 aliphatic carbocycles. The van der Waals surface area contributed by atoms with Crippen LogP contribution in [0.4, 0.5) is 0 Å². The molecule has 2 unspecified atom stereocenters. The number of likely N-dealkylation sites (N-methyl/N-ethyl adjacent to an activating group) is 1. The van der Waals surface area contributed by atoms with E-state index in [0.29, 0.717) is 11.9 Å². The number of nitrogens with zero attached hydrogens (tertiary/aromatic N) is 1. The fourth-order valence-electron chi connectivity index (χ4n) is 3.70. The number of likely N-dealkylation sites (tertiary alicyclic amines) is 1. The lowest BCUT2D eigenvalue weighted by molar-refractivity contribution is -0.139. The summed E-state index contributed by atoms with van der Waals surface area (Å²) in [7, 11) is 0. The smallest absolute Gasteiger partial charge is 0.240 e. The predicted molar refractivity (Wildman–Crippen MR) is 80.5 cm³/mol. The predicted octanol–water partition coefficient (Wildman–Crippen LogP) is 2.66. The highest BCUT2D eigenvalue weighted by Gasteiger charge is 2.34. The number of amides is 1. The quantitative estimate of drug-likeness (QED) is 0.917. The van der Waals surface area contributed by atoms with Gasteiger partial charge in [-0.2, -0.15) is 0 Å². The normalized spacial score (nSPS) is 26.4. The van der Waals surface area contributed by atoms with Crippen molar-refractivity contribution in [1.82, 2.24) is 10.2 Å². The molecule has 2 aliphatic rings. The van der Waals surface area contributed by atoms with Crippen molar-refractivity contribution in [3.05, 3.63) is 35.4 Å². The van der Waals surface area contributed by atoms with Crippen LogP contribution in [0.1, 0.15) is 49.8 Å². The Kier molecular flexibility index (Phi) is 4.06. The average molecular weight is 272 g/mol. The highest BCUT2D eigenvalue weighted by Crippen LogP contribution is 2.35. The van der Waals surface area contributed by atoms with E-state index in [-0.39, 0.29) is 6.04 Å². The van der Waals surface area contributed by atoms with Crippen LogP contribution in [0.2, 0.25) is 0 Å². The number of hydrogen-bond donors (Lipinski definition) is 1. The van der Waals surface area contributed by atoms with Crippen molar-refractivity contribution >= 4 is 5.91 Å². The first-order valence-electron chi connectivity index (χ1n) is 7.93. The molecule has 1 aliphatic heterocycles. The Morgan fingerprint density at radius 1 is 1.25 bits per heavy atom. The van der Waals surface area contributed by atoms with Crippen molar-refractivity contribution in [2.24, 2.45) is 0 Å². The van der Waals surface area contributed by atoms with Crippen LogP contribution in [-0.4, -0.2) is 29.9 Å². The van der Waals surface area contributed by atoms with Crippen LogP contribution >= 0.6 is 0 Å². The maximum atomic E-state index is 12.7. The Hall–Kier alpha value is -1.35. The number of hydrogen-bond acceptors (Lipinski definition) is 2. The summed E-state index contributed by atoms with van der Waals surface area (Å²) < 4.78 is 0. The summed E-state index contributed by atoms with van der Waals surface area (Å²) in [5.41, 5.74) is 2.81. The van der Waals surface area contributed by atoms with Crippen LogP contribution in [-0.2, 0) is 11.2 Å². The minimum absolute atomic E-state index is 0.0304. The van der Waals surface area contributed by atoms with Gasteiger partial charge in [0.25, 0.3) is 0 Å². The molecule has 0 bridgehead atoms. The molecule has 0 aromatic heterocycles. The molecule has 1 heterocycles. The maximum Gasteiger partial charge on any atom is 0.240 e. The van der Waals surface area contributed by atoms with Gasteiger partial charge in [0.05, 0.1) is 12.1 Å². The Morgan fingerprint density at radius 2 is 2.10 bits per heavy atom. The van der Waals surface area contributed by atoms with Gasteiger partial charge in [-0.25, -0.2) is 0 Å². The molecule has 3 heteroatoms. The zero-order valence-electron chi connectivity index (χ0n) is 12.3. The summed E-state index contributed by atoms with van der Waals surface area (Å²) in [6.45, 7) is 3.85. The second-order valence-electron chi connectivity index (χ2n) is 5.89. The van der Waals surface area contributed by atoms with E-state index < -0.39 is 0 Å². The maximum absolute atomic E-state index is 12.7. The monoisotopic (exact) mass is 272 g/mol. The largest absolute Gasteiger partial charge is 0.334 e. The third kappa shape index (κ3) is 2.47. The van der Waals surface area contributed by atoms with Gasteiger partial charge in [-0.05, 0) is 49.8 Å². The lowest BCUT2D eigenvalue weighted by atomic mass is 9.85. The zero-order chi connectivity index (χ0) is 13.9. The third-order valence-electron chi connectivity index (χ3n) is 4.64. The number of fused-ring (bicyclic) bond motifs is 1. The van der Waals surface area contributed by atoms with Gasteiger partial charge in [-0.1, -0.05) is 31.2 Å². The summed E-state index contributed by atoms with van der Waals surface area (Å²) >= 11 is 0. The van der Waals surface area contributed by atoms with E-state index in [9.17, 15) is 4.79 Å². The second-order valence-corrected chi connectivity index (χ2v) is 5.89. The summed E-state index contributed by atoms with van der Waals surface area (Å²) in [6, 6.07) is 8.98. The van der Waals surface area contributed by atoms with Gasteiger partial charge in [0, 0.05) is 6.54 Å². The van der Waals surface area contributed by atoms with Gasteiger partial charge < -0.3 is 10.2 Å². The van der Waals surface area contributed by atoms with Crippen molar-refractivity contribution in [3.63, 3.8) is 0 Å². The molecule has 1 N–H and O–H groups in total. The third-order valence-corrected chi connectivity index (χ3v) is 4.64. The molecular formula is C17H24N2O. The van der Waals surface area contributed by atoms with E-state index in [1.54, 1.807) is 0 Å². The first-order chi connectivity index (χ1) is 9.81. The number of carbonyl (C=O) groups excluding carboxylic acids is 1. The molecule has 2 atom stereocenters. The van der Waals surface area contributed by atoms with Crippen LogP contribution in [0.25, 0.3) is 0 Å². The van der Waals surface area contributed by atoms with E-state index in [1.807, 2.05) is 0 Å². The summed E-state index contributed by atoms with van der Waals surface area (Å²) in [5, 5.41) is 3.34. The van der Waals surface area contributed by atoms with Crippen molar-refractivity contribution in [2.45, 2.75) is 51.1 Å². The van der Waals surface area contributed by atoms with Crippen molar-refractivity contribution in [3.8, 4) is 0 Å². The number of piperidine rings is 1. The fraction of sp³-hybridized carbons (Fsp3) is 0.588. The lowest BCUT2D eigenvalue weighted by Crippen LogP contribution is -2.52. The highest BCUT2D eigenvalue weighted by molar-refractivity contribution is 5.83. The standard InChI is InChI=1S/C17H24N2O/c1-2-18-15-10-6-12-19(17(15)20)16-11-5-8-13-7-3-4-9-14(13)16/h3-4,7,9,15-16,18H,2,5-6,8,10-12H2,1H3. The lowest BCUT2D eigenvalue weighted by Gasteiger charge is -2.40. The molecule has 20 heavy (non-hydrogen) atoms. The molecule has 1 fully saturated rings. The molecule has 3 rings (SSSR count). The van der Waals surface area contributed by atoms with Gasteiger partial charge >= 0.3 is 0 Å². The van der Waals surface area contributed by atoms with E-state index in [2.05, 4.69) is 41.4 Å². The zero-order valence-corrected chi connectivity index (χ0v) is 12.3. The van der Waals surface area contributed by atoms with E-state index in [4.69, 9.17) is 0 Å². The van der Waals surface area contributed by atoms with Crippen LogP contribution in [0, 0.1) is 0 Å². The van der Waals surface area contributed by atoms with Gasteiger partial charge in [0.15, 0.2) is 0 Å². The first-order valence-corrected chi connectivity index (χ1v) is 7.93. The highest BCUT2D eigenvalue weighted by atomic mass is 16.2. The fourth-order valence-corrected chi connectivity index (χ4v) is 3.70. The number of nitrogens with one attached hydrogen (secondary N) is 1. The van der Waals surface area contributed by atoms with Crippen LogP contribution < -0.4 is 5.32 Å². The number of rotatable bonds is 3. The molecule has 1 amide bonds. The molecular weight excluding hydrogens is 248 g/mol. The number of aryl methyl sites for hydroxylation is 1. The van der Waals surface area contributed by atoms with E-state index in [1.165, 1.54) is 17.5 Å². The molecule has 0 radical (unpaired) electrons. The molecule has 1 aromatic rings. The Morgan fingerprint density at radius 3 is 2.95 bits per heavy atom. The molecule has 0 spiro atoms. The average Bonchev–Trinajstić information content (AvgIpc) is 2.49. The molecule has 0 saturated carbocycles. The minimum atomic E-state index is 0.0304. The second kappa shape index (κ2) is 5.96. The molecule has 1 aromatic carbocycles. The van der Waals surface area contributed by atoms with Crippen molar-refractivity contribution in [2.75, 3.05) is 13.1 Å². The summed E-state index contributed by atoms with van der Waals surface area (Å²) in [5.74, 6) is 0.305. The van der Waals surface area contributed by atoms with Crippen molar-refractivity contribution in [1.29, 1.82) is 0 Å².